The molecule has 1 aromatic rings. The summed E-state index contributed by atoms with van der Waals surface area (Å²) in [4.78, 5) is 22.1. The Morgan fingerprint density at radius 2 is 1.59 bits per heavy atom. The van der Waals surface area contributed by atoms with Gasteiger partial charge in [-0.15, -0.1) is 0 Å². The van der Waals surface area contributed by atoms with Gasteiger partial charge in [0, 0.05) is 0 Å². The number of hydrogen-bond donors (Lipinski definition) is 0. The highest BCUT2D eigenvalue weighted by molar-refractivity contribution is 6.93. The average molecular weight is 245 g/mol. The second-order valence-corrected chi connectivity index (χ2v) is 3.24. The number of hydrogen-bond acceptors (Lipinski definition) is 3. The lowest BCUT2D eigenvalue weighted by molar-refractivity contribution is 0.0526. The first kappa shape index (κ1) is 13.3. The molecule has 0 aliphatic rings. The molecule has 0 N–H and O–H groups in total. The zero-order valence-corrected chi connectivity index (χ0v) is 8.95. The molecule has 17 heavy (non-hydrogen) atoms. The molecule has 0 saturated carbocycles. The van der Waals surface area contributed by atoms with E-state index in [0.717, 1.165) is 24.3 Å². The predicted octanol–water partition coefficient (Wildman–Crippen LogP) is 2.43. The average Bonchev–Trinajstić information content (AvgIpc) is 2.27. The molecule has 0 aliphatic heterocycles. The second kappa shape index (κ2) is 5.03. The number of esters is 1. The van der Waals surface area contributed by atoms with E-state index >= 15 is 0 Å². The molecular formula is C10H9BF3O3-. The molecule has 0 radical (unpaired) electrons. The van der Waals surface area contributed by atoms with Gasteiger partial charge in [-0.1, -0.05) is 12.1 Å². The van der Waals surface area contributed by atoms with Gasteiger partial charge >= 0.3 is 12.9 Å². The van der Waals surface area contributed by atoms with Crippen LogP contribution >= 0.6 is 0 Å². The topological polar surface area (TPSA) is 43.4 Å². The van der Waals surface area contributed by atoms with Crippen LogP contribution in [0.2, 0.25) is 0 Å². The van der Waals surface area contributed by atoms with E-state index in [4.69, 9.17) is 0 Å². The lowest BCUT2D eigenvalue weighted by Gasteiger charge is -2.12. The number of carbonyl (C=O) groups is 2. The highest BCUT2D eigenvalue weighted by atomic mass is 19.4. The van der Waals surface area contributed by atoms with Crippen molar-refractivity contribution in [2.45, 2.75) is 6.92 Å². The summed E-state index contributed by atoms with van der Waals surface area (Å²) in [5, 5.41) is 0. The van der Waals surface area contributed by atoms with Gasteiger partial charge in [0.2, 0.25) is 0 Å². The molecule has 0 saturated heterocycles. The van der Waals surface area contributed by atoms with Gasteiger partial charge in [-0.2, -0.15) is 0 Å². The van der Waals surface area contributed by atoms with Gasteiger partial charge in [-0.3, -0.25) is 0 Å². The van der Waals surface area contributed by atoms with Gasteiger partial charge < -0.3 is 22.5 Å². The fourth-order valence-corrected chi connectivity index (χ4v) is 1.17. The largest absolute Gasteiger partial charge is 0.549 e. The molecule has 0 spiro atoms. The van der Waals surface area contributed by atoms with Crippen molar-refractivity contribution >= 4 is 18.6 Å². The van der Waals surface area contributed by atoms with E-state index in [-0.39, 0.29) is 12.2 Å². The van der Waals surface area contributed by atoms with E-state index < -0.39 is 24.2 Å². The summed E-state index contributed by atoms with van der Waals surface area (Å²) >= 11 is 0. The Labute approximate surface area is 95.6 Å². The Hall–Kier alpha value is -1.79. The van der Waals surface area contributed by atoms with Gasteiger partial charge in [0.05, 0.1) is 12.2 Å². The molecule has 0 heterocycles. The van der Waals surface area contributed by atoms with E-state index in [2.05, 4.69) is 4.74 Å². The maximum absolute atomic E-state index is 12.1. The monoisotopic (exact) mass is 245 g/mol. The van der Waals surface area contributed by atoms with E-state index in [9.17, 15) is 22.5 Å². The minimum absolute atomic E-state index is 0.109. The Balaban J connectivity index is 2.89. The first-order chi connectivity index (χ1) is 7.86. The van der Waals surface area contributed by atoms with Gasteiger partial charge in [0.1, 0.15) is 5.68 Å². The Kier molecular flexibility index (Phi) is 3.93. The van der Waals surface area contributed by atoms with Crippen molar-refractivity contribution in [3.63, 3.8) is 0 Å². The Bertz CT molecular complexity index is 425. The highest BCUT2D eigenvalue weighted by Gasteiger charge is 2.33. The second-order valence-electron chi connectivity index (χ2n) is 3.24. The van der Waals surface area contributed by atoms with Crippen molar-refractivity contribution in [1.29, 1.82) is 0 Å². The lowest BCUT2D eigenvalue weighted by atomic mass is 9.80. The molecule has 0 aromatic heterocycles. The summed E-state index contributed by atoms with van der Waals surface area (Å²) in [6.07, 6.45) is 0. The molecule has 92 valence electrons. The molecule has 0 amide bonds. The summed E-state index contributed by atoms with van der Waals surface area (Å²) in [5.74, 6) is -0.635. The van der Waals surface area contributed by atoms with Crippen LogP contribution < -0.4 is 0 Å². The summed E-state index contributed by atoms with van der Waals surface area (Å²) < 4.78 is 41.1. The van der Waals surface area contributed by atoms with Crippen LogP contribution in [0.4, 0.5) is 12.9 Å². The third kappa shape index (κ3) is 3.34. The van der Waals surface area contributed by atoms with Crippen LogP contribution in [0.25, 0.3) is 0 Å². The van der Waals surface area contributed by atoms with Crippen LogP contribution in [0, 0.1) is 0 Å². The predicted molar refractivity (Wildman–Crippen MR) is 55.8 cm³/mol. The molecule has 1 rings (SSSR count). The fourth-order valence-electron chi connectivity index (χ4n) is 1.17. The fraction of sp³-hybridized carbons (Fsp3) is 0.200. The van der Waals surface area contributed by atoms with Gasteiger partial charge in [-0.25, -0.2) is 4.79 Å². The number of ether oxygens (including phenoxy) is 1. The van der Waals surface area contributed by atoms with E-state index in [1.165, 1.54) is 0 Å². The number of benzene rings is 1. The molecule has 0 unspecified atom stereocenters. The zero-order chi connectivity index (χ0) is 13.1. The summed E-state index contributed by atoms with van der Waals surface area (Å²) in [6.45, 7) is -3.76. The molecule has 0 aliphatic carbocycles. The maximum atomic E-state index is 12.1. The SMILES string of the molecule is CCOC(=O)c1ccc(C(=O)[B-](F)(F)F)cc1. The number of halogens is 3. The highest BCUT2D eigenvalue weighted by Crippen LogP contribution is 2.17. The summed E-state index contributed by atoms with van der Waals surface area (Å²) in [7, 11) is 0. The number of carbonyl (C=O) groups excluding carboxylic acids is 2. The van der Waals surface area contributed by atoms with Gasteiger partial charge in [0.15, 0.2) is 0 Å². The van der Waals surface area contributed by atoms with Gasteiger partial charge in [-0.05, 0) is 24.6 Å². The maximum Gasteiger partial charge on any atom is 0.549 e. The Morgan fingerprint density at radius 1 is 1.12 bits per heavy atom. The molecule has 3 nitrogen and oxygen atoms in total. The van der Waals surface area contributed by atoms with Crippen molar-refractivity contribution in [2.24, 2.45) is 0 Å². The smallest absolute Gasteiger partial charge is 0.462 e. The standard InChI is InChI=1S/C10H9BF3O3/c1-2-17-10(16)8-5-3-7(4-6-8)9(15)11(12,13)14/h3-6H,2H2,1H3/q-1. The van der Waals surface area contributed by atoms with Crippen molar-refractivity contribution in [1.82, 2.24) is 0 Å². The molecule has 0 bridgehead atoms. The van der Waals surface area contributed by atoms with Crippen LogP contribution in [0.1, 0.15) is 27.6 Å². The quantitative estimate of drug-likeness (QED) is 0.604. The summed E-state index contributed by atoms with van der Waals surface area (Å²) in [5.41, 5.74) is -2.25. The minimum atomic E-state index is -5.54. The van der Waals surface area contributed by atoms with Crippen LogP contribution in [-0.2, 0) is 4.74 Å². The van der Waals surface area contributed by atoms with Crippen LogP contribution in [-0.4, -0.2) is 25.2 Å². The van der Waals surface area contributed by atoms with Crippen molar-refractivity contribution in [2.75, 3.05) is 6.61 Å². The van der Waals surface area contributed by atoms with Crippen LogP contribution in [0.3, 0.4) is 0 Å². The van der Waals surface area contributed by atoms with E-state index in [0.29, 0.717) is 0 Å². The minimum Gasteiger partial charge on any atom is -0.462 e. The van der Waals surface area contributed by atoms with E-state index in [1.54, 1.807) is 6.92 Å². The summed E-state index contributed by atoms with van der Waals surface area (Å²) in [6, 6.07) is 4.19. The third-order valence-electron chi connectivity index (χ3n) is 1.98. The Morgan fingerprint density at radius 3 is 2.00 bits per heavy atom. The molecule has 0 atom stereocenters. The van der Waals surface area contributed by atoms with Gasteiger partial charge in [0.25, 0.3) is 0 Å². The van der Waals surface area contributed by atoms with Crippen molar-refractivity contribution in [3.8, 4) is 0 Å². The van der Waals surface area contributed by atoms with Crippen LogP contribution in [0.15, 0.2) is 24.3 Å². The lowest BCUT2D eigenvalue weighted by Crippen LogP contribution is -2.29. The van der Waals surface area contributed by atoms with Crippen LogP contribution in [0.5, 0.6) is 0 Å². The first-order valence-corrected chi connectivity index (χ1v) is 4.87. The van der Waals surface area contributed by atoms with E-state index in [1.807, 2.05) is 0 Å². The molecule has 7 heteroatoms. The third-order valence-corrected chi connectivity index (χ3v) is 1.98. The number of rotatable bonds is 4. The van der Waals surface area contributed by atoms with Crippen molar-refractivity contribution in [3.05, 3.63) is 35.4 Å². The first-order valence-electron chi connectivity index (χ1n) is 4.87. The van der Waals surface area contributed by atoms with Crippen molar-refractivity contribution < 1.29 is 27.3 Å². The normalized spacial score (nSPS) is 11.1. The molecular weight excluding hydrogens is 236 g/mol. The molecule has 1 aromatic carbocycles. The molecule has 0 fully saturated rings. The zero-order valence-electron chi connectivity index (χ0n) is 8.95.